The topological polar surface area (TPSA) is 70.1 Å². The fourth-order valence-corrected chi connectivity index (χ4v) is 2.00. The van der Waals surface area contributed by atoms with Crippen LogP contribution < -0.4 is 5.73 Å². The fourth-order valence-electron chi connectivity index (χ4n) is 2.00. The van der Waals surface area contributed by atoms with E-state index in [1.165, 1.54) is 0 Å². The Bertz CT molecular complexity index is 575. The van der Waals surface area contributed by atoms with Gasteiger partial charge in [-0.25, -0.2) is 4.98 Å². The SMILES string of the molecule is CCOC(=O)Cn1c(CC)nc2c(N)cccc21. The summed E-state index contributed by atoms with van der Waals surface area (Å²) in [4.78, 5) is 16.1. The van der Waals surface area contributed by atoms with Crippen molar-refractivity contribution in [3.05, 3.63) is 24.0 Å². The predicted molar refractivity (Wildman–Crippen MR) is 70.2 cm³/mol. The van der Waals surface area contributed by atoms with Crippen LogP contribution in [0.25, 0.3) is 11.0 Å². The van der Waals surface area contributed by atoms with Crippen molar-refractivity contribution in [3.8, 4) is 0 Å². The lowest BCUT2D eigenvalue weighted by Gasteiger charge is -2.07. The average molecular weight is 247 g/mol. The number of hydrogen-bond donors (Lipinski definition) is 1. The normalized spacial score (nSPS) is 10.8. The standard InChI is InChI=1S/C13H17N3O2/c1-3-11-15-13-9(14)6-5-7-10(13)16(11)8-12(17)18-4-2/h5-7H,3-4,8,14H2,1-2H3. The quantitative estimate of drug-likeness (QED) is 0.660. The first kappa shape index (κ1) is 12.4. The zero-order chi connectivity index (χ0) is 13.1. The number of carbonyl (C=O) groups excluding carboxylic acids is 1. The van der Waals surface area contributed by atoms with Gasteiger partial charge in [-0.3, -0.25) is 4.79 Å². The van der Waals surface area contributed by atoms with Gasteiger partial charge in [0.2, 0.25) is 0 Å². The Hall–Kier alpha value is -2.04. The Morgan fingerprint density at radius 2 is 2.22 bits per heavy atom. The van der Waals surface area contributed by atoms with Crippen LogP contribution >= 0.6 is 0 Å². The average Bonchev–Trinajstić information content (AvgIpc) is 2.69. The number of ether oxygens (including phenoxy) is 1. The van der Waals surface area contributed by atoms with E-state index in [9.17, 15) is 4.79 Å². The summed E-state index contributed by atoms with van der Waals surface area (Å²) in [6.07, 6.45) is 0.744. The highest BCUT2D eigenvalue weighted by atomic mass is 16.5. The third kappa shape index (κ3) is 2.16. The van der Waals surface area contributed by atoms with Crippen molar-refractivity contribution in [2.75, 3.05) is 12.3 Å². The van der Waals surface area contributed by atoms with E-state index >= 15 is 0 Å². The summed E-state index contributed by atoms with van der Waals surface area (Å²) in [6.45, 7) is 4.35. The highest BCUT2D eigenvalue weighted by molar-refractivity contribution is 5.88. The molecule has 1 aromatic heterocycles. The number of anilines is 1. The number of aryl methyl sites for hydroxylation is 1. The predicted octanol–water partition coefficient (Wildman–Crippen LogP) is 1.74. The highest BCUT2D eigenvalue weighted by Crippen LogP contribution is 2.22. The smallest absolute Gasteiger partial charge is 0.326 e. The number of rotatable bonds is 4. The molecule has 5 nitrogen and oxygen atoms in total. The first-order chi connectivity index (χ1) is 8.67. The van der Waals surface area contributed by atoms with Crippen LogP contribution in [0.2, 0.25) is 0 Å². The first-order valence-corrected chi connectivity index (χ1v) is 6.06. The van der Waals surface area contributed by atoms with Crippen molar-refractivity contribution < 1.29 is 9.53 Å². The Balaban J connectivity index is 2.47. The fraction of sp³-hybridized carbons (Fsp3) is 0.385. The number of esters is 1. The van der Waals surface area contributed by atoms with Crippen LogP contribution in [-0.4, -0.2) is 22.1 Å². The Morgan fingerprint density at radius 1 is 1.44 bits per heavy atom. The molecule has 0 fully saturated rings. The molecule has 1 aromatic carbocycles. The van der Waals surface area contributed by atoms with E-state index < -0.39 is 0 Å². The number of imidazole rings is 1. The molecule has 0 radical (unpaired) electrons. The molecule has 96 valence electrons. The van der Waals surface area contributed by atoms with Gasteiger partial charge < -0.3 is 15.0 Å². The monoisotopic (exact) mass is 247 g/mol. The molecular weight excluding hydrogens is 230 g/mol. The summed E-state index contributed by atoms with van der Waals surface area (Å²) in [5.41, 5.74) is 8.14. The molecule has 0 spiro atoms. The van der Waals surface area contributed by atoms with Crippen molar-refractivity contribution in [2.24, 2.45) is 0 Å². The summed E-state index contributed by atoms with van der Waals surface area (Å²) < 4.78 is 6.84. The molecule has 0 unspecified atom stereocenters. The Morgan fingerprint density at radius 3 is 2.89 bits per heavy atom. The number of nitrogens with two attached hydrogens (primary N) is 1. The van der Waals surface area contributed by atoms with E-state index in [0.717, 1.165) is 23.3 Å². The van der Waals surface area contributed by atoms with Gasteiger partial charge in [-0.05, 0) is 19.1 Å². The molecule has 2 N–H and O–H groups in total. The maximum atomic E-state index is 11.6. The molecule has 0 saturated heterocycles. The van der Waals surface area contributed by atoms with Gasteiger partial charge in [-0.15, -0.1) is 0 Å². The Labute approximate surface area is 106 Å². The minimum atomic E-state index is -0.256. The summed E-state index contributed by atoms with van der Waals surface area (Å²) in [5, 5.41) is 0. The molecule has 0 saturated carbocycles. The number of carbonyl (C=O) groups is 1. The summed E-state index contributed by atoms with van der Waals surface area (Å²) >= 11 is 0. The summed E-state index contributed by atoms with van der Waals surface area (Å²) in [6, 6.07) is 5.58. The van der Waals surface area contributed by atoms with Gasteiger partial charge in [0.1, 0.15) is 17.9 Å². The Kier molecular flexibility index (Phi) is 3.50. The second-order valence-corrected chi connectivity index (χ2v) is 3.99. The minimum absolute atomic E-state index is 0.178. The number of nitrogens with zero attached hydrogens (tertiary/aromatic N) is 2. The molecular formula is C13H17N3O2. The van der Waals surface area contributed by atoms with Gasteiger partial charge in [0, 0.05) is 6.42 Å². The molecule has 0 bridgehead atoms. The molecule has 2 aromatic rings. The number of fused-ring (bicyclic) bond motifs is 1. The lowest BCUT2D eigenvalue weighted by molar-refractivity contribution is -0.143. The molecule has 0 aliphatic rings. The minimum Gasteiger partial charge on any atom is -0.465 e. The van der Waals surface area contributed by atoms with Crippen LogP contribution in [0.5, 0.6) is 0 Å². The zero-order valence-electron chi connectivity index (χ0n) is 10.6. The molecule has 1 heterocycles. The van der Waals surface area contributed by atoms with Gasteiger partial charge >= 0.3 is 5.97 Å². The zero-order valence-corrected chi connectivity index (χ0v) is 10.6. The third-order valence-corrected chi connectivity index (χ3v) is 2.80. The van der Waals surface area contributed by atoms with Gasteiger partial charge in [0.25, 0.3) is 0 Å². The lowest BCUT2D eigenvalue weighted by atomic mass is 10.3. The number of benzene rings is 1. The number of para-hydroxylation sites is 1. The van der Waals surface area contributed by atoms with Crippen molar-refractivity contribution in [2.45, 2.75) is 26.8 Å². The largest absolute Gasteiger partial charge is 0.465 e. The van der Waals surface area contributed by atoms with Crippen LogP contribution in [0.4, 0.5) is 5.69 Å². The second-order valence-electron chi connectivity index (χ2n) is 3.99. The lowest BCUT2D eigenvalue weighted by Crippen LogP contribution is -2.15. The molecule has 0 aliphatic carbocycles. The van der Waals surface area contributed by atoms with E-state index in [-0.39, 0.29) is 12.5 Å². The van der Waals surface area contributed by atoms with E-state index in [4.69, 9.17) is 10.5 Å². The van der Waals surface area contributed by atoms with Crippen molar-refractivity contribution in [3.63, 3.8) is 0 Å². The van der Waals surface area contributed by atoms with Crippen LogP contribution in [0.15, 0.2) is 18.2 Å². The van der Waals surface area contributed by atoms with Gasteiger partial charge in [-0.1, -0.05) is 13.0 Å². The molecule has 0 aliphatic heterocycles. The molecule has 18 heavy (non-hydrogen) atoms. The molecule has 0 atom stereocenters. The van der Waals surface area contributed by atoms with E-state index in [0.29, 0.717) is 12.3 Å². The maximum absolute atomic E-state index is 11.6. The van der Waals surface area contributed by atoms with Crippen LogP contribution in [0.3, 0.4) is 0 Å². The van der Waals surface area contributed by atoms with E-state index in [2.05, 4.69) is 4.98 Å². The third-order valence-electron chi connectivity index (χ3n) is 2.80. The van der Waals surface area contributed by atoms with Crippen LogP contribution in [0.1, 0.15) is 19.7 Å². The number of aromatic nitrogens is 2. The van der Waals surface area contributed by atoms with Gasteiger partial charge in [0.15, 0.2) is 0 Å². The van der Waals surface area contributed by atoms with Gasteiger partial charge in [-0.2, -0.15) is 0 Å². The summed E-state index contributed by atoms with van der Waals surface area (Å²) in [7, 11) is 0. The van der Waals surface area contributed by atoms with Gasteiger partial charge in [0.05, 0.1) is 17.8 Å². The van der Waals surface area contributed by atoms with Crippen LogP contribution in [-0.2, 0) is 22.5 Å². The van der Waals surface area contributed by atoms with E-state index in [1.54, 1.807) is 6.92 Å². The van der Waals surface area contributed by atoms with Crippen molar-refractivity contribution >= 4 is 22.7 Å². The molecule has 5 heteroatoms. The van der Waals surface area contributed by atoms with Crippen LogP contribution in [0, 0.1) is 0 Å². The second kappa shape index (κ2) is 5.08. The number of hydrogen-bond acceptors (Lipinski definition) is 4. The van der Waals surface area contributed by atoms with E-state index in [1.807, 2.05) is 29.7 Å². The highest BCUT2D eigenvalue weighted by Gasteiger charge is 2.14. The first-order valence-electron chi connectivity index (χ1n) is 6.06. The summed E-state index contributed by atoms with van der Waals surface area (Å²) in [5.74, 6) is 0.588. The molecule has 2 rings (SSSR count). The van der Waals surface area contributed by atoms with Crippen molar-refractivity contribution in [1.29, 1.82) is 0 Å². The maximum Gasteiger partial charge on any atom is 0.326 e. The van der Waals surface area contributed by atoms with Crippen molar-refractivity contribution in [1.82, 2.24) is 9.55 Å². The molecule has 0 amide bonds. The number of nitrogen functional groups attached to an aromatic ring is 1.